The molecule has 1 fully saturated rings. The highest BCUT2D eigenvalue weighted by molar-refractivity contribution is 14.0. The lowest BCUT2D eigenvalue weighted by molar-refractivity contribution is -0.121. The van der Waals surface area contributed by atoms with Gasteiger partial charge >= 0.3 is 0 Å². The average Bonchev–Trinajstić information content (AvgIpc) is 2.70. The summed E-state index contributed by atoms with van der Waals surface area (Å²) in [5, 5.41) is 3.46. The minimum atomic E-state index is 0. The van der Waals surface area contributed by atoms with Gasteiger partial charge in [-0.2, -0.15) is 0 Å². The van der Waals surface area contributed by atoms with Crippen LogP contribution in [0.1, 0.15) is 20.3 Å². The minimum Gasteiger partial charge on any atom is -0.482 e. The second kappa shape index (κ2) is 11.6. The Morgan fingerprint density at radius 1 is 1.21 bits per heavy atom. The van der Waals surface area contributed by atoms with Crippen molar-refractivity contribution in [3.63, 3.8) is 0 Å². The number of hydrogen-bond acceptors (Lipinski definition) is 4. The number of amides is 1. The number of carbonyl (C=O) groups is 1. The Labute approximate surface area is 191 Å². The number of fused-ring (bicyclic) bond motifs is 1. The van der Waals surface area contributed by atoms with E-state index in [0.717, 1.165) is 63.1 Å². The van der Waals surface area contributed by atoms with E-state index in [1.807, 2.05) is 36.2 Å². The molecule has 162 valence electrons. The zero-order valence-corrected chi connectivity index (χ0v) is 20.1. The number of para-hydroxylation sites is 2. The molecule has 0 bridgehead atoms. The standard InChI is InChI=1S/C21H33N5O2.HI/c1-17(2)15-24-11-13-25(14-12-24)21(22-3)23-9-6-10-26-18-7-4-5-8-19(18)28-16-20(26)27;/h4-5,7-8,17H,6,9-16H2,1-3H3,(H,22,23);1H. The molecule has 1 saturated heterocycles. The maximum Gasteiger partial charge on any atom is 0.265 e. The summed E-state index contributed by atoms with van der Waals surface area (Å²) in [6.45, 7) is 11.4. The van der Waals surface area contributed by atoms with Crippen molar-refractivity contribution < 1.29 is 9.53 Å². The molecule has 1 N–H and O–H groups in total. The number of nitrogens with zero attached hydrogens (tertiary/aromatic N) is 4. The van der Waals surface area contributed by atoms with Crippen LogP contribution in [0.3, 0.4) is 0 Å². The van der Waals surface area contributed by atoms with Crippen LogP contribution in [0, 0.1) is 5.92 Å². The second-order valence-electron chi connectivity index (χ2n) is 7.81. The molecule has 0 radical (unpaired) electrons. The largest absolute Gasteiger partial charge is 0.482 e. The number of ether oxygens (including phenoxy) is 1. The number of anilines is 1. The summed E-state index contributed by atoms with van der Waals surface area (Å²) in [7, 11) is 1.84. The quantitative estimate of drug-likeness (QED) is 0.273. The number of rotatable bonds is 6. The lowest BCUT2D eigenvalue weighted by Gasteiger charge is -2.37. The molecule has 1 amide bonds. The van der Waals surface area contributed by atoms with Crippen LogP contribution < -0.4 is 15.0 Å². The van der Waals surface area contributed by atoms with Crippen molar-refractivity contribution >= 4 is 41.5 Å². The number of piperazine rings is 1. The van der Waals surface area contributed by atoms with Crippen LogP contribution in [-0.2, 0) is 4.79 Å². The number of hydrogen-bond donors (Lipinski definition) is 1. The van der Waals surface area contributed by atoms with Gasteiger partial charge in [0.25, 0.3) is 5.91 Å². The van der Waals surface area contributed by atoms with Crippen molar-refractivity contribution in [2.75, 3.05) is 64.4 Å². The van der Waals surface area contributed by atoms with Gasteiger partial charge in [0.15, 0.2) is 12.6 Å². The van der Waals surface area contributed by atoms with E-state index in [1.54, 1.807) is 0 Å². The van der Waals surface area contributed by atoms with E-state index in [2.05, 4.69) is 34.0 Å². The predicted octanol–water partition coefficient (Wildman–Crippen LogP) is 2.27. The highest BCUT2D eigenvalue weighted by Crippen LogP contribution is 2.31. The Bertz CT molecular complexity index is 689. The Morgan fingerprint density at radius 2 is 1.93 bits per heavy atom. The Hall–Kier alpha value is -1.55. The van der Waals surface area contributed by atoms with Crippen LogP contribution >= 0.6 is 24.0 Å². The molecule has 2 aliphatic rings. The van der Waals surface area contributed by atoms with Crippen molar-refractivity contribution in [3.05, 3.63) is 24.3 Å². The first kappa shape index (κ1) is 23.7. The smallest absolute Gasteiger partial charge is 0.265 e. The van der Waals surface area contributed by atoms with Gasteiger partial charge in [0.2, 0.25) is 0 Å². The third-order valence-electron chi connectivity index (χ3n) is 5.16. The van der Waals surface area contributed by atoms with Crippen molar-refractivity contribution in [2.24, 2.45) is 10.9 Å². The predicted molar refractivity (Wildman–Crippen MR) is 129 cm³/mol. The summed E-state index contributed by atoms with van der Waals surface area (Å²) < 4.78 is 5.50. The van der Waals surface area contributed by atoms with Gasteiger partial charge in [-0.15, -0.1) is 24.0 Å². The van der Waals surface area contributed by atoms with E-state index in [9.17, 15) is 4.79 Å². The zero-order valence-electron chi connectivity index (χ0n) is 17.8. The van der Waals surface area contributed by atoms with Gasteiger partial charge in [0, 0.05) is 52.9 Å². The summed E-state index contributed by atoms with van der Waals surface area (Å²) in [6, 6.07) is 7.72. The van der Waals surface area contributed by atoms with Gasteiger partial charge in [-0.3, -0.25) is 14.7 Å². The summed E-state index contributed by atoms with van der Waals surface area (Å²) in [6.07, 6.45) is 0.854. The van der Waals surface area contributed by atoms with Gasteiger partial charge in [-0.1, -0.05) is 26.0 Å². The van der Waals surface area contributed by atoms with E-state index in [0.29, 0.717) is 12.5 Å². The molecule has 0 atom stereocenters. The maximum absolute atomic E-state index is 12.2. The highest BCUT2D eigenvalue weighted by atomic mass is 127. The van der Waals surface area contributed by atoms with E-state index < -0.39 is 0 Å². The molecule has 2 aliphatic heterocycles. The molecule has 7 nitrogen and oxygen atoms in total. The first-order chi connectivity index (χ1) is 13.6. The van der Waals surface area contributed by atoms with E-state index in [-0.39, 0.29) is 36.5 Å². The van der Waals surface area contributed by atoms with Gasteiger partial charge in [-0.05, 0) is 24.5 Å². The molecule has 8 heteroatoms. The minimum absolute atomic E-state index is 0. The number of aliphatic imine (C=N–C) groups is 1. The van der Waals surface area contributed by atoms with Crippen LogP contribution in [0.2, 0.25) is 0 Å². The molecule has 0 aliphatic carbocycles. The summed E-state index contributed by atoms with van der Waals surface area (Å²) in [5.41, 5.74) is 0.865. The molecule has 0 saturated carbocycles. The molecule has 2 heterocycles. The van der Waals surface area contributed by atoms with Crippen LogP contribution in [0.15, 0.2) is 29.3 Å². The molecule has 1 aromatic carbocycles. The third-order valence-corrected chi connectivity index (χ3v) is 5.16. The number of benzene rings is 1. The first-order valence-electron chi connectivity index (χ1n) is 10.3. The number of halogens is 1. The van der Waals surface area contributed by atoms with E-state index >= 15 is 0 Å². The van der Waals surface area contributed by atoms with Gasteiger partial charge in [0.1, 0.15) is 5.75 Å². The fourth-order valence-corrected chi connectivity index (χ4v) is 3.83. The topological polar surface area (TPSA) is 60.4 Å². The Kier molecular flexibility index (Phi) is 9.48. The lowest BCUT2D eigenvalue weighted by atomic mass is 10.2. The fourth-order valence-electron chi connectivity index (χ4n) is 3.83. The van der Waals surface area contributed by atoms with Crippen LogP contribution in [-0.4, -0.2) is 81.1 Å². The molecule has 0 aromatic heterocycles. The maximum atomic E-state index is 12.2. The van der Waals surface area contributed by atoms with Crippen molar-refractivity contribution in [1.82, 2.24) is 15.1 Å². The molecule has 3 rings (SSSR count). The Balaban J connectivity index is 0.00000300. The van der Waals surface area contributed by atoms with E-state index in [1.165, 1.54) is 0 Å². The van der Waals surface area contributed by atoms with E-state index in [4.69, 9.17) is 4.74 Å². The van der Waals surface area contributed by atoms with Crippen LogP contribution in [0.4, 0.5) is 5.69 Å². The highest BCUT2D eigenvalue weighted by Gasteiger charge is 2.25. The second-order valence-corrected chi connectivity index (χ2v) is 7.81. The molecular formula is C21H34IN5O2. The lowest BCUT2D eigenvalue weighted by Crippen LogP contribution is -2.53. The average molecular weight is 515 g/mol. The molecule has 1 aromatic rings. The van der Waals surface area contributed by atoms with Gasteiger partial charge in [-0.25, -0.2) is 0 Å². The number of nitrogens with one attached hydrogen (secondary N) is 1. The molecular weight excluding hydrogens is 481 g/mol. The molecule has 0 spiro atoms. The molecule has 29 heavy (non-hydrogen) atoms. The molecule has 0 unspecified atom stereocenters. The number of carbonyl (C=O) groups excluding carboxylic acids is 1. The van der Waals surface area contributed by atoms with Gasteiger partial charge in [0.05, 0.1) is 5.69 Å². The van der Waals surface area contributed by atoms with Crippen molar-refractivity contribution in [2.45, 2.75) is 20.3 Å². The van der Waals surface area contributed by atoms with Gasteiger partial charge < -0.3 is 19.9 Å². The summed E-state index contributed by atoms with van der Waals surface area (Å²) in [5.74, 6) is 2.46. The van der Waals surface area contributed by atoms with Crippen molar-refractivity contribution in [3.8, 4) is 5.75 Å². The third kappa shape index (κ3) is 6.47. The van der Waals surface area contributed by atoms with Crippen LogP contribution in [0.25, 0.3) is 0 Å². The monoisotopic (exact) mass is 515 g/mol. The first-order valence-corrected chi connectivity index (χ1v) is 10.3. The summed E-state index contributed by atoms with van der Waals surface area (Å²) in [4.78, 5) is 23.4. The Morgan fingerprint density at radius 3 is 2.62 bits per heavy atom. The summed E-state index contributed by atoms with van der Waals surface area (Å²) >= 11 is 0. The van der Waals surface area contributed by atoms with Crippen LogP contribution in [0.5, 0.6) is 5.75 Å². The normalized spacial score (nSPS) is 17.7. The zero-order chi connectivity index (χ0) is 19.9. The number of guanidine groups is 1. The fraction of sp³-hybridized carbons (Fsp3) is 0.619. The SMILES string of the molecule is CN=C(NCCCN1C(=O)COc2ccccc21)N1CCN(CC(C)C)CC1.I. The van der Waals surface area contributed by atoms with Crippen molar-refractivity contribution in [1.29, 1.82) is 0 Å².